The molecule has 4 heteroatoms. The molecule has 14 heavy (non-hydrogen) atoms. The molecule has 1 aliphatic heterocycles. The number of hydrogen-bond acceptors (Lipinski definition) is 3. The lowest BCUT2D eigenvalue weighted by Crippen LogP contribution is -2.43. The standard InChI is InChI=1S/C10H20N2OS/c1-8(10(13)11-2)12-7-9-5-3-4-6-14-9/h8-9,12H,3-7H2,1-2H3,(H,11,13). The Morgan fingerprint density at radius 3 is 2.93 bits per heavy atom. The van der Waals surface area contributed by atoms with E-state index in [9.17, 15) is 4.79 Å². The second-order valence-electron chi connectivity index (χ2n) is 3.73. The molecular formula is C10H20N2OS. The molecule has 1 rings (SSSR count). The first-order valence-electron chi connectivity index (χ1n) is 5.30. The Hall–Kier alpha value is -0.220. The lowest BCUT2D eigenvalue weighted by atomic mass is 10.2. The number of thioether (sulfide) groups is 1. The molecule has 3 nitrogen and oxygen atoms in total. The van der Waals surface area contributed by atoms with E-state index in [0.29, 0.717) is 5.25 Å². The normalized spacial score (nSPS) is 24.3. The minimum atomic E-state index is -0.0671. The number of likely N-dealkylation sites (N-methyl/N-ethyl adjacent to an activating group) is 1. The summed E-state index contributed by atoms with van der Waals surface area (Å²) in [6.45, 7) is 2.87. The van der Waals surface area contributed by atoms with Gasteiger partial charge in [0.2, 0.25) is 5.91 Å². The van der Waals surface area contributed by atoms with Crippen molar-refractivity contribution in [1.82, 2.24) is 10.6 Å². The van der Waals surface area contributed by atoms with Gasteiger partial charge >= 0.3 is 0 Å². The molecule has 2 atom stereocenters. The molecule has 0 spiro atoms. The SMILES string of the molecule is CNC(=O)C(C)NCC1CCCCS1. The van der Waals surface area contributed by atoms with Gasteiger partial charge in [0.25, 0.3) is 0 Å². The van der Waals surface area contributed by atoms with Crippen molar-refractivity contribution in [3.8, 4) is 0 Å². The Morgan fingerprint density at radius 2 is 2.36 bits per heavy atom. The first-order chi connectivity index (χ1) is 6.74. The van der Waals surface area contributed by atoms with Crippen molar-refractivity contribution in [3.05, 3.63) is 0 Å². The Balaban J connectivity index is 2.15. The van der Waals surface area contributed by atoms with E-state index in [-0.39, 0.29) is 11.9 Å². The van der Waals surface area contributed by atoms with Crippen molar-refractivity contribution in [2.45, 2.75) is 37.5 Å². The van der Waals surface area contributed by atoms with Gasteiger partial charge in [-0.15, -0.1) is 0 Å². The fourth-order valence-electron chi connectivity index (χ4n) is 1.59. The van der Waals surface area contributed by atoms with Gasteiger partial charge < -0.3 is 10.6 Å². The molecule has 0 aromatic carbocycles. The summed E-state index contributed by atoms with van der Waals surface area (Å²) in [5, 5.41) is 6.62. The summed E-state index contributed by atoms with van der Waals surface area (Å²) in [5.74, 6) is 1.35. The number of amides is 1. The van der Waals surface area contributed by atoms with Crippen LogP contribution in [0.25, 0.3) is 0 Å². The predicted molar refractivity (Wildman–Crippen MR) is 61.6 cm³/mol. The zero-order valence-corrected chi connectivity index (χ0v) is 9.82. The van der Waals surface area contributed by atoms with Crippen LogP contribution < -0.4 is 10.6 Å². The van der Waals surface area contributed by atoms with Crippen molar-refractivity contribution >= 4 is 17.7 Å². The van der Waals surface area contributed by atoms with E-state index >= 15 is 0 Å². The number of carbonyl (C=O) groups is 1. The third-order valence-electron chi connectivity index (χ3n) is 2.57. The molecule has 1 saturated heterocycles. The zero-order valence-electron chi connectivity index (χ0n) is 9.01. The maximum absolute atomic E-state index is 11.2. The van der Waals surface area contributed by atoms with Gasteiger partial charge in [0.15, 0.2) is 0 Å². The molecule has 0 aliphatic carbocycles. The number of carbonyl (C=O) groups excluding carboxylic acids is 1. The lowest BCUT2D eigenvalue weighted by molar-refractivity contribution is -0.122. The third-order valence-corrected chi connectivity index (χ3v) is 3.96. The van der Waals surface area contributed by atoms with Gasteiger partial charge in [-0.3, -0.25) is 4.79 Å². The van der Waals surface area contributed by atoms with E-state index < -0.39 is 0 Å². The summed E-state index contributed by atoms with van der Waals surface area (Å²) in [7, 11) is 1.68. The molecule has 1 fully saturated rings. The monoisotopic (exact) mass is 216 g/mol. The second kappa shape index (κ2) is 6.30. The van der Waals surface area contributed by atoms with Crippen LogP contribution in [0.3, 0.4) is 0 Å². The van der Waals surface area contributed by atoms with Gasteiger partial charge in [-0.25, -0.2) is 0 Å². The molecule has 2 unspecified atom stereocenters. The molecule has 0 saturated carbocycles. The summed E-state index contributed by atoms with van der Waals surface area (Å²) in [6.07, 6.45) is 3.98. The largest absolute Gasteiger partial charge is 0.358 e. The van der Waals surface area contributed by atoms with Crippen LogP contribution in [0.4, 0.5) is 0 Å². The third kappa shape index (κ3) is 3.88. The van der Waals surface area contributed by atoms with E-state index in [4.69, 9.17) is 0 Å². The fraction of sp³-hybridized carbons (Fsp3) is 0.900. The molecule has 1 heterocycles. The quantitative estimate of drug-likeness (QED) is 0.736. The molecular weight excluding hydrogens is 196 g/mol. The topological polar surface area (TPSA) is 41.1 Å². The van der Waals surface area contributed by atoms with Crippen LogP contribution >= 0.6 is 11.8 Å². The van der Waals surface area contributed by atoms with Gasteiger partial charge in [-0.1, -0.05) is 6.42 Å². The molecule has 2 N–H and O–H groups in total. The van der Waals surface area contributed by atoms with E-state index in [1.807, 2.05) is 18.7 Å². The van der Waals surface area contributed by atoms with E-state index in [1.54, 1.807) is 7.05 Å². The number of hydrogen-bond donors (Lipinski definition) is 2. The van der Waals surface area contributed by atoms with Gasteiger partial charge in [0.1, 0.15) is 0 Å². The average Bonchev–Trinajstić information content (AvgIpc) is 2.26. The van der Waals surface area contributed by atoms with Crippen molar-refractivity contribution < 1.29 is 4.79 Å². The van der Waals surface area contributed by atoms with Crippen molar-refractivity contribution in [3.63, 3.8) is 0 Å². The van der Waals surface area contributed by atoms with Crippen LogP contribution in [0.1, 0.15) is 26.2 Å². The summed E-state index contributed by atoms with van der Waals surface area (Å²) >= 11 is 2.03. The highest BCUT2D eigenvalue weighted by atomic mass is 32.2. The van der Waals surface area contributed by atoms with Crippen LogP contribution in [-0.2, 0) is 4.79 Å². The molecule has 0 bridgehead atoms. The zero-order chi connectivity index (χ0) is 10.4. The molecule has 82 valence electrons. The summed E-state index contributed by atoms with van der Waals surface area (Å²) in [5.41, 5.74) is 0. The van der Waals surface area contributed by atoms with Crippen LogP contribution in [-0.4, -0.2) is 36.5 Å². The van der Waals surface area contributed by atoms with E-state index in [0.717, 1.165) is 6.54 Å². The Kier molecular flexibility index (Phi) is 5.33. The lowest BCUT2D eigenvalue weighted by Gasteiger charge is -2.23. The second-order valence-corrected chi connectivity index (χ2v) is 5.14. The van der Waals surface area contributed by atoms with Gasteiger partial charge in [0, 0.05) is 18.8 Å². The molecule has 0 radical (unpaired) electrons. The Morgan fingerprint density at radius 1 is 1.57 bits per heavy atom. The minimum absolute atomic E-state index is 0.0671. The molecule has 1 aliphatic rings. The van der Waals surface area contributed by atoms with Crippen molar-refractivity contribution in [2.24, 2.45) is 0 Å². The van der Waals surface area contributed by atoms with Gasteiger partial charge in [-0.2, -0.15) is 11.8 Å². The molecule has 0 aromatic rings. The average molecular weight is 216 g/mol. The smallest absolute Gasteiger partial charge is 0.236 e. The van der Waals surface area contributed by atoms with E-state index in [1.165, 1.54) is 25.0 Å². The van der Waals surface area contributed by atoms with Crippen molar-refractivity contribution in [2.75, 3.05) is 19.3 Å². The number of nitrogens with one attached hydrogen (secondary N) is 2. The molecule has 0 aromatic heterocycles. The van der Waals surface area contributed by atoms with E-state index in [2.05, 4.69) is 10.6 Å². The van der Waals surface area contributed by atoms with Gasteiger partial charge in [0.05, 0.1) is 6.04 Å². The summed E-state index contributed by atoms with van der Waals surface area (Å²) in [6, 6.07) is -0.0671. The highest BCUT2D eigenvalue weighted by molar-refractivity contribution is 7.99. The van der Waals surface area contributed by atoms with Gasteiger partial charge in [-0.05, 0) is 25.5 Å². The van der Waals surface area contributed by atoms with Crippen LogP contribution in [0.5, 0.6) is 0 Å². The Labute approximate surface area is 90.4 Å². The maximum Gasteiger partial charge on any atom is 0.236 e. The highest BCUT2D eigenvalue weighted by Crippen LogP contribution is 2.24. The number of rotatable bonds is 4. The van der Waals surface area contributed by atoms with Crippen LogP contribution in [0, 0.1) is 0 Å². The van der Waals surface area contributed by atoms with Crippen LogP contribution in [0.2, 0.25) is 0 Å². The first kappa shape index (κ1) is 11.9. The highest BCUT2D eigenvalue weighted by Gasteiger charge is 2.16. The molecule has 1 amide bonds. The first-order valence-corrected chi connectivity index (χ1v) is 6.35. The summed E-state index contributed by atoms with van der Waals surface area (Å²) in [4.78, 5) is 11.2. The van der Waals surface area contributed by atoms with Crippen molar-refractivity contribution in [1.29, 1.82) is 0 Å². The predicted octanol–water partition coefficient (Wildman–Crippen LogP) is 0.996. The fourth-order valence-corrected chi connectivity index (χ4v) is 2.84. The minimum Gasteiger partial charge on any atom is -0.358 e. The Bertz CT molecular complexity index is 181. The maximum atomic E-state index is 11.2. The van der Waals surface area contributed by atoms with Crippen LogP contribution in [0.15, 0.2) is 0 Å². The summed E-state index contributed by atoms with van der Waals surface area (Å²) < 4.78 is 0.